The number of benzene rings is 1. The molecule has 0 unspecified atom stereocenters. The zero-order valence-electron chi connectivity index (χ0n) is 12.4. The molecule has 2 aromatic rings. The molecule has 0 amide bonds. The Labute approximate surface area is 130 Å². The molecule has 0 aliphatic carbocycles. The summed E-state index contributed by atoms with van der Waals surface area (Å²) in [7, 11) is 0. The van der Waals surface area contributed by atoms with Gasteiger partial charge in [-0.25, -0.2) is 4.39 Å². The van der Waals surface area contributed by atoms with Crippen molar-refractivity contribution in [3.63, 3.8) is 0 Å². The monoisotopic (exact) mass is 326 g/mol. The standard InChI is InChI=1S/C16H14F4N2O/c1-15(2)7-22-14-11(23)5-9(17)12(13(14)15)10-4-3-8(6-21-10)16(18,19)20/h3-6,22-23H,7H2,1-2H3. The van der Waals surface area contributed by atoms with Crippen molar-refractivity contribution in [3.8, 4) is 17.0 Å². The van der Waals surface area contributed by atoms with Gasteiger partial charge in [-0.3, -0.25) is 4.98 Å². The summed E-state index contributed by atoms with van der Waals surface area (Å²) in [6.45, 7) is 4.20. The van der Waals surface area contributed by atoms with E-state index in [1.165, 1.54) is 0 Å². The molecular formula is C16H14F4N2O. The zero-order valence-corrected chi connectivity index (χ0v) is 12.4. The van der Waals surface area contributed by atoms with Crippen LogP contribution < -0.4 is 5.32 Å². The molecular weight excluding hydrogens is 312 g/mol. The first-order chi connectivity index (χ1) is 10.6. The minimum absolute atomic E-state index is 0.100. The average Bonchev–Trinajstić information content (AvgIpc) is 2.75. The van der Waals surface area contributed by atoms with E-state index in [1.54, 1.807) is 0 Å². The minimum atomic E-state index is -4.50. The van der Waals surface area contributed by atoms with Crippen LogP contribution in [0, 0.1) is 5.82 Å². The lowest BCUT2D eigenvalue weighted by Gasteiger charge is -2.21. The summed E-state index contributed by atoms with van der Waals surface area (Å²) in [4.78, 5) is 3.78. The normalized spacial score (nSPS) is 16.1. The number of fused-ring (bicyclic) bond motifs is 1. The van der Waals surface area contributed by atoms with Gasteiger partial charge in [-0.1, -0.05) is 13.8 Å². The Morgan fingerprint density at radius 1 is 1.26 bits per heavy atom. The Hall–Kier alpha value is -2.31. The molecule has 0 bridgehead atoms. The number of alkyl halides is 3. The number of aromatic hydroxyl groups is 1. The van der Waals surface area contributed by atoms with Gasteiger partial charge < -0.3 is 10.4 Å². The summed E-state index contributed by atoms with van der Waals surface area (Å²) in [5.41, 5.74) is -0.260. The van der Waals surface area contributed by atoms with Crippen molar-refractivity contribution in [3.05, 3.63) is 41.3 Å². The first kappa shape index (κ1) is 15.6. The summed E-state index contributed by atoms with van der Waals surface area (Å²) in [5, 5.41) is 12.9. The van der Waals surface area contributed by atoms with Gasteiger partial charge in [0.2, 0.25) is 0 Å². The van der Waals surface area contributed by atoms with E-state index in [9.17, 15) is 22.7 Å². The maximum Gasteiger partial charge on any atom is 0.417 e. The highest BCUT2D eigenvalue weighted by Crippen LogP contribution is 2.48. The molecule has 0 saturated carbocycles. The second-order valence-electron chi connectivity index (χ2n) is 6.17. The predicted molar refractivity (Wildman–Crippen MR) is 77.8 cm³/mol. The van der Waals surface area contributed by atoms with Crippen LogP contribution in [0.5, 0.6) is 5.75 Å². The molecule has 23 heavy (non-hydrogen) atoms. The highest BCUT2D eigenvalue weighted by molar-refractivity contribution is 5.81. The molecule has 1 aromatic carbocycles. The maximum atomic E-state index is 14.4. The Kier molecular flexibility index (Phi) is 3.28. The van der Waals surface area contributed by atoms with Crippen molar-refractivity contribution in [2.24, 2.45) is 0 Å². The second kappa shape index (κ2) is 4.84. The zero-order chi connectivity index (χ0) is 17.0. The number of aromatic nitrogens is 1. The smallest absolute Gasteiger partial charge is 0.417 e. The van der Waals surface area contributed by atoms with Gasteiger partial charge in [0.1, 0.15) is 11.6 Å². The van der Waals surface area contributed by atoms with Crippen LogP contribution in [-0.2, 0) is 11.6 Å². The van der Waals surface area contributed by atoms with Gasteiger partial charge in [0.15, 0.2) is 0 Å². The van der Waals surface area contributed by atoms with E-state index in [-0.39, 0.29) is 17.0 Å². The number of nitrogens with zero attached hydrogens (tertiary/aromatic N) is 1. The molecule has 7 heteroatoms. The number of hydrogen-bond donors (Lipinski definition) is 2. The summed E-state index contributed by atoms with van der Waals surface area (Å²) >= 11 is 0. The van der Waals surface area contributed by atoms with Crippen molar-refractivity contribution in [1.29, 1.82) is 0 Å². The molecule has 0 radical (unpaired) electrons. The third-order valence-corrected chi connectivity index (χ3v) is 3.99. The summed E-state index contributed by atoms with van der Waals surface area (Å²) in [6.07, 6.45) is -3.81. The van der Waals surface area contributed by atoms with E-state index in [1.807, 2.05) is 13.8 Å². The maximum absolute atomic E-state index is 14.4. The lowest BCUT2D eigenvalue weighted by atomic mass is 9.82. The van der Waals surface area contributed by atoms with Crippen molar-refractivity contribution in [1.82, 2.24) is 4.98 Å². The number of halogens is 4. The van der Waals surface area contributed by atoms with E-state index in [0.29, 0.717) is 24.0 Å². The number of hydrogen-bond acceptors (Lipinski definition) is 3. The van der Waals surface area contributed by atoms with Crippen LogP contribution >= 0.6 is 0 Å². The minimum Gasteiger partial charge on any atom is -0.506 e. The molecule has 122 valence electrons. The predicted octanol–water partition coefficient (Wildman–Crippen LogP) is 4.32. The van der Waals surface area contributed by atoms with Gasteiger partial charge in [0, 0.05) is 29.8 Å². The highest BCUT2D eigenvalue weighted by Gasteiger charge is 2.37. The SMILES string of the molecule is CC1(C)CNc2c(O)cc(F)c(-c3ccc(C(F)(F)F)cn3)c21. The number of phenolic OH excluding ortho intramolecular Hbond substituents is 1. The topological polar surface area (TPSA) is 45.1 Å². The van der Waals surface area contributed by atoms with Crippen LogP contribution in [0.3, 0.4) is 0 Å². The molecule has 0 atom stereocenters. The van der Waals surface area contributed by atoms with E-state index in [2.05, 4.69) is 10.3 Å². The molecule has 1 aliphatic rings. The summed E-state index contributed by atoms with van der Waals surface area (Å²) < 4.78 is 52.3. The molecule has 0 saturated heterocycles. The molecule has 2 N–H and O–H groups in total. The van der Waals surface area contributed by atoms with Crippen molar-refractivity contribution >= 4 is 5.69 Å². The second-order valence-corrected chi connectivity index (χ2v) is 6.17. The van der Waals surface area contributed by atoms with Gasteiger partial charge in [-0.2, -0.15) is 13.2 Å². The van der Waals surface area contributed by atoms with Crippen molar-refractivity contribution in [2.75, 3.05) is 11.9 Å². The van der Waals surface area contributed by atoms with Gasteiger partial charge in [0.05, 0.1) is 16.9 Å². The highest BCUT2D eigenvalue weighted by atomic mass is 19.4. The fraction of sp³-hybridized carbons (Fsp3) is 0.312. The molecule has 0 spiro atoms. The van der Waals surface area contributed by atoms with Crippen molar-refractivity contribution in [2.45, 2.75) is 25.4 Å². The Morgan fingerprint density at radius 3 is 2.52 bits per heavy atom. The summed E-state index contributed by atoms with van der Waals surface area (Å²) in [5.74, 6) is -0.941. The van der Waals surface area contributed by atoms with Gasteiger partial charge >= 0.3 is 6.18 Å². The quantitative estimate of drug-likeness (QED) is 0.606. The number of anilines is 1. The van der Waals surface area contributed by atoms with Crippen LogP contribution in [0.25, 0.3) is 11.3 Å². The Balaban J connectivity index is 2.20. The van der Waals surface area contributed by atoms with Crippen LogP contribution in [0.4, 0.5) is 23.2 Å². The fourth-order valence-electron chi connectivity index (χ4n) is 2.85. The van der Waals surface area contributed by atoms with E-state index >= 15 is 0 Å². The third kappa shape index (κ3) is 2.50. The Bertz CT molecular complexity index is 767. The molecule has 3 rings (SSSR count). The van der Waals surface area contributed by atoms with Gasteiger partial charge in [-0.05, 0) is 17.7 Å². The molecule has 2 heterocycles. The van der Waals surface area contributed by atoms with Crippen LogP contribution in [-0.4, -0.2) is 16.6 Å². The molecule has 0 fully saturated rings. The first-order valence-corrected chi connectivity index (χ1v) is 6.95. The molecule has 1 aromatic heterocycles. The number of pyridine rings is 1. The first-order valence-electron chi connectivity index (χ1n) is 6.95. The lowest BCUT2D eigenvalue weighted by molar-refractivity contribution is -0.137. The van der Waals surface area contributed by atoms with Crippen LogP contribution in [0.2, 0.25) is 0 Å². The van der Waals surface area contributed by atoms with Crippen LogP contribution in [0.1, 0.15) is 25.0 Å². The average molecular weight is 326 g/mol. The van der Waals surface area contributed by atoms with E-state index in [0.717, 1.165) is 18.2 Å². The lowest BCUT2D eigenvalue weighted by Crippen LogP contribution is -2.20. The fourth-order valence-corrected chi connectivity index (χ4v) is 2.85. The number of rotatable bonds is 1. The largest absolute Gasteiger partial charge is 0.506 e. The van der Waals surface area contributed by atoms with Gasteiger partial charge in [-0.15, -0.1) is 0 Å². The third-order valence-electron chi connectivity index (χ3n) is 3.99. The van der Waals surface area contributed by atoms with E-state index in [4.69, 9.17) is 0 Å². The van der Waals surface area contributed by atoms with Crippen molar-refractivity contribution < 1.29 is 22.7 Å². The number of phenols is 1. The van der Waals surface area contributed by atoms with E-state index < -0.39 is 23.0 Å². The Morgan fingerprint density at radius 2 is 1.96 bits per heavy atom. The van der Waals surface area contributed by atoms with Gasteiger partial charge in [0.25, 0.3) is 0 Å². The molecule has 3 nitrogen and oxygen atoms in total. The summed E-state index contributed by atoms with van der Waals surface area (Å²) in [6, 6.07) is 2.96. The number of nitrogens with one attached hydrogen (secondary N) is 1. The van der Waals surface area contributed by atoms with Crippen LogP contribution in [0.15, 0.2) is 24.4 Å². The molecule has 1 aliphatic heterocycles.